The third kappa shape index (κ3) is 2.35. The lowest BCUT2D eigenvalue weighted by atomic mass is 9.76. The van der Waals surface area contributed by atoms with Crippen molar-refractivity contribution in [2.45, 2.75) is 31.8 Å². The van der Waals surface area contributed by atoms with Crippen molar-refractivity contribution < 1.29 is 4.74 Å². The molecule has 1 nitrogen and oxygen atoms in total. The number of rotatable bonds is 4. The Balaban J connectivity index is 1.85. The van der Waals surface area contributed by atoms with Gasteiger partial charge < -0.3 is 4.74 Å². The van der Waals surface area contributed by atoms with Crippen LogP contribution in [0.2, 0.25) is 0 Å². The normalized spacial score (nSPS) is 31.8. The highest BCUT2D eigenvalue weighted by Gasteiger charge is 2.50. The Kier molecular flexibility index (Phi) is 3.70. The van der Waals surface area contributed by atoms with Gasteiger partial charge in [-0.1, -0.05) is 34.1 Å². The fourth-order valence-corrected chi connectivity index (χ4v) is 3.95. The van der Waals surface area contributed by atoms with Gasteiger partial charge in [0.1, 0.15) is 0 Å². The summed E-state index contributed by atoms with van der Waals surface area (Å²) in [5.74, 6) is 1.46. The van der Waals surface area contributed by atoms with Crippen molar-refractivity contribution in [1.29, 1.82) is 0 Å². The topological polar surface area (TPSA) is 9.23 Å². The highest BCUT2D eigenvalue weighted by molar-refractivity contribution is 9.10. The summed E-state index contributed by atoms with van der Waals surface area (Å²) in [7, 11) is 0. The van der Waals surface area contributed by atoms with Gasteiger partial charge in [-0.05, 0) is 43.2 Å². The molecule has 0 bridgehead atoms. The van der Waals surface area contributed by atoms with E-state index in [0.717, 1.165) is 25.4 Å². The second-order valence-electron chi connectivity index (χ2n) is 5.64. The van der Waals surface area contributed by atoms with Crippen molar-refractivity contribution in [3.05, 3.63) is 34.3 Å². The SMILES string of the molecule is ClCC1(Cc2ccccc2Br)CCOC1C1CC1. The molecule has 0 spiro atoms. The number of hydrogen-bond donors (Lipinski definition) is 0. The van der Waals surface area contributed by atoms with E-state index in [1.165, 1.54) is 22.9 Å². The largest absolute Gasteiger partial charge is 0.377 e. The highest BCUT2D eigenvalue weighted by atomic mass is 79.9. The van der Waals surface area contributed by atoms with E-state index >= 15 is 0 Å². The molecule has 18 heavy (non-hydrogen) atoms. The Hall–Kier alpha value is -0.0500. The monoisotopic (exact) mass is 328 g/mol. The van der Waals surface area contributed by atoms with Crippen molar-refractivity contribution >= 4 is 27.5 Å². The molecule has 1 aromatic carbocycles. The van der Waals surface area contributed by atoms with E-state index in [9.17, 15) is 0 Å². The molecule has 0 aromatic heterocycles. The number of hydrogen-bond acceptors (Lipinski definition) is 1. The van der Waals surface area contributed by atoms with Gasteiger partial charge in [-0.25, -0.2) is 0 Å². The smallest absolute Gasteiger partial charge is 0.0674 e. The van der Waals surface area contributed by atoms with Crippen LogP contribution < -0.4 is 0 Å². The summed E-state index contributed by atoms with van der Waals surface area (Å²) in [4.78, 5) is 0. The first-order valence-corrected chi connectivity index (χ1v) is 7.99. The molecule has 0 radical (unpaired) electrons. The number of alkyl halides is 1. The quantitative estimate of drug-likeness (QED) is 0.743. The van der Waals surface area contributed by atoms with Crippen molar-refractivity contribution in [3.8, 4) is 0 Å². The van der Waals surface area contributed by atoms with Gasteiger partial charge in [0, 0.05) is 22.4 Å². The summed E-state index contributed by atoms with van der Waals surface area (Å²) in [6.07, 6.45) is 5.14. The molecule has 1 aromatic rings. The fraction of sp³-hybridized carbons (Fsp3) is 0.600. The minimum Gasteiger partial charge on any atom is -0.377 e. The van der Waals surface area contributed by atoms with Gasteiger partial charge in [-0.2, -0.15) is 0 Å². The minimum atomic E-state index is 0.145. The second kappa shape index (κ2) is 5.15. The maximum Gasteiger partial charge on any atom is 0.0674 e. The molecule has 1 saturated carbocycles. The number of ether oxygens (including phenoxy) is 1. The molecular formula is C15H18BrClO. The van der Waals surface area contributed by atoms with Crippen molar-refractivity contribution in [2.75, 3.05) is 12.5 Å². The van der Waals surface area contributed by atoms with E-state index in [1.807, 2.05) is 0 Å². The molecule has 1 aliphatic carbocycles. The van der Waals surface area contributed by atoms with E-state index in [2.05, 4.69) is 40.2 Å². The molecule has 98 valence electrons. The fourth-order valence-electron chi connectivity index (χ4n) is 3.14. The van der Waals surface area contributed by atoms with E-state index in [-0.39, 0.29) is 5.41 Å². The first-order chi connectivity index (χ1) is 8.75. The molecule has 1 saturated heterocycles. The minimum absolute atomic E-state index is 0.145. The Bertz CT molecular complexity index is 432. The summed E-state index contributed by atoms with van der Waals surface area (Å²) in [6, 6.07) is 8.47. The molecule has 2 fully saturated rings. The second-order valence-corrected chi connectivity index (χ2v) is 6.76. The third-order valence-corrected chi connectivity index (χ3v) is 5.62. The van der Waals surface area contributed by atoms with E-state index < -0.39 is 0 Å². The zero-order valence-electron chi connectivity index (χ0n) is 10.4. The highest BCUT2D eigenvalue weighted by Crippen LogP contribution is 2.50. The average molecular weight is 330 g/mol. The molecule has 2 atom stereocenters. The molecule has 1 heterocycles. The molecule has 0 amide bonds. The van der Waals surface area contributed by atoms with Crippen molar-refractivity contribution in [1.82, 2.24) is 0 Å². The lowest BCUT2D eigenvalue weighted by molar-refractivity contribution is 0.0402. The Labute approximate surface area is 122 Å². The summed E-state index contributed by atoms with van der Waals surface area (Å²) < 4.78 is 7.19. The van der Waals surface area contributed by atoms with E-state index in [4.69, 9.17) is 16.3 Å². The predicted molar refractivity (Wildman–Crippen MR) is 78.1 cm³/mol. The van der Waals surface area contributed by atoms with Gasteiger partial charge in [0.2, 0.25) is 0 Å². The van der Waals surface area contributed by atoms with Crippen LogP contribution in [-0.4, -0.2) is 18.6 Å². The number of halogens is 2. The predicted octanol–water partition coefficient (Wildman–Crippen LogP) is 4.42. The van der Waals surface area contributed by atoms with Gasteiger partial charge in [0.15, 0.2) is 0 Å². The Morgan fingerprint density at radius 3 is 2.78 bits per heavy atom. The van der Waals surface area contributed by atoms with Crippen LogP contribution in [0.5, 0.6) is 0 Å². The molecule has 2 aliphatic rings. The molecule has 3 rings (SSSR count). The summed E-state index contributed by atoms with van der Waals surface area (Å²) >= 11 is 9.98. The molecule has 1 aliphatic heterocycles. The summed E-state index contributed by atoms with van der Waals surface area (Å²) in [6.45, 7) is 0.873. The standard InChI is InChI=1S/C15H18BrClO/c16-13-4-2-1-3-12(13)9-15(10-17)7-8-18-14(15)11-5-6-11/h1-4,11,14H,5-10H2. The van der Waals surface area contributed by atoms with Crippen LogP contribution in [0.15, 0.2) is 28.7 Å². The van der Waals surface area contributed by atoms with E-state index in [1.54, 1.807) is 0 Å². The lowest BCUT2D eigenvalue weighted by Crippen LogP contribution is -2.36. The van der Waals surface area contributed by atoms with Crippen molar-refractivity contribution in [2.24, 2.45) is 11.3 Å². The van der Waals surface area contributed by atoms with Crippen LogP contribution in [0, 0.1) is 11.3 Å². The molecule has 0 N–H and O–H groups in total. The van der Waals surface area contributed by atoms with E-state index in [0.29, 0.717) is 12.0 Å². The first-order valence-electron chi connectivity index (χ1n) is 6.66. The van der Waals surface area contributed by atoms with Gasteiger partial charge in [-0.3, -0.25) is 0 Å². The van der Waals surface area contributed by atoms with Crippen LogP contribution >= 0.6 is 27.5 Å². The van der Waals surface area contributed by atoms with Crippen LogP contribution in [-0.2, 0) is 11.2 Å². The van der Waals surface area contributed by atoms with Crippen LogP contribution in [0.4, 0.5) is 0 Å². The number of benzene rings is 1. The van der Waals surface area contributed by atoms with Crippen LogP contribution in [0.25, 0.3) is 0 Å². The van der Waals surface area contributed by atoms with Crippen LogP contribution in [0.3, 0.4) is 0 Å². The first kappa shape index (κ1) is 13.0. The summed E-state index contributed by atoms with van der Waals surface area (Å²) in [5.41, 5.74) is 1.50. The van der Waals surface area contributed by atoms with Gasteiger partial charge >= 0.3 is 0 Å². The van der Waals surface area contributed by atoms with Crippen LogP contribution in [0.1, 0.15) is 24.8 Å². The molecular weight excluding hydrogens is 312 g/mol. The van der Waals surface area contributed by atoms with Crippen molar-refractivity contribution in [3.63, 3.8) is 0 Å². The van der Waals surface area contributed by atoms with Gasteiger partial charge in [0.25, 0.3) is 0 Å². The molecule has 3 heteroatoms. The Morgan fingerprint density at radius 2 is 2.11 bits per heavy atom. The lowest BCUT2D eigenvalue weighted by Gasteiger charge is -2.32. The van der Waals surface area contributed by atoms with Gasteiger partial charge in [0.05, 0.1) is 6.10 Å². The zero-order chi connectivity index (χ0) is 12.6. The van der Waals surface area contributed by atoms with Gasteiger partial charge in [-0.15, -0.1) is 11.6 Å². The average Bonchev–Trinajstić information content (AvgIpc) is 3.14. The maximum atomic E-state index is 6.34. The maximum absolute atomic E-state index is 6.34. The Morgan fingerprint density at radius 1 is 1.33 bits per heavy atom. The zero-order valence-corrected chi connectivity index (χ0v) is 12.7. The third-order valence-electron chi connectivity index (χ3n) is 4.32. The summed E-state index contributed by atoms with van der Waals surface area (Å²) in [5, 5.41) is 0. The molecule has 2 unspecified atom stereocenters.